The van der Waals surface area contributed by atoms with E-state index in [1.165, 1.54) is 12.8 Å². The first-order valence-electron chi connectivity index (χ1n) is 7.67. The molecule has 22 heavy (non-hydrogen) atoms. The third-order valence-corrected chi connectivity index (χ3v) is 3.61. The Hall–Kier alpha value is -2.30. The molecule has 3 rings (SSSR count). The maximum atomic E-state index is 5.55. The van der Waals surface area contributed by atoms with Gasteiger partial charge in [0.1, 0.15) is 17.4 Å². The Labute approximate surface area is 130 Å². The lowest BCUT2D eigenvalue weighted by atomic mass is 10.2. The zero-order valence-electron chi connectivity index (χ0n) is 13.0. The highest BCUT2D eigenvalue weighted by molar-refractivity contribution is 5.42. The van der Waals surface area contributed by atoms with Crippen LogP contribution in [0.3, 0.4) is 0 Å². The van der Waals surface area contributed by atoms with E-state index in [9.17, 15) is 0 Å². The molecule has 2 aromatic rings. The van der Waals surface area contributed by atoms with Crippen LogP contribution in [0.4, 0.5) is 5.82 Å². The average molecular weight is 299 g/mol. The Balaban J connectivity index is 1.76. The summed E-state index contributed by atoms with van der Waals surface area (Å²) in [6, 6.07) is 9.81. The first-order chi connectivity index (χ1) is 10.8. The van der Waals surface area contributed by atoms with Crippen molar-refractivity contribution in [3.05, 3.63) is 41.7 Å². The standard InChI is InChI=1S/C17H21N3O2/c1-3-22-16-10-15(19-17(20-16)12-8-9-12)18-11-13-6-4-5-7-14(13)21-2/h4-7,10,12H,3,8-9,11H2,1-2H3,(H,18,19,20). The largest absolute Gasteiger partial charge is 0.496 e. The summed E-state index contributed by atoms with van der Waals surface area (Å²) >= 11 is 0. The fourth-order valence-electron chi connectivity index (χ4n) is 2.31. The van der Waals surface area contributed by atoms with Gasteiger partial charge in [-0.25, -0.2) is 4.98 Å². The predicted octanol–water partition coefficient (Wildman–Crippen LogP) is 3.37. The van der Waals surface area contributed by atoms with Crippen LogP contribution in [0.1, 0.15) is 37.1 Å². The highest BCUT2D eigenvalue weighted by Crippen LogP contribution is 2.39. The Bertz CT molecular complexity index is 642. The van der Waals surface area contributed by atoms with Crippen molar-refractivity contribution in [3.8, 4) is 11.6 Å². The average Bonchev–Trinajstić information content (AvgIpc) is 3.38. The fraction of sp³-hybridized carbons (Fsp3) is 0.412. The number of hydrogen-bond donors (Lipinski definition) is 1. The molecule has 116 valence electrons. The van der Waals surface area contributed by atoms with Crippen molar-refractivity contribution < 1.29 is 9.47 Å². The van der Waals surface area contributed by atoms with Crippen molar-refractivity contribution in [1.82, 2.24) is 9.97 Å². The van der Waals surface area contributed by atoms with Crippen LogP contribution in [0.2, 0.25) is 0 Å². The molecule has 1 aromatic carbocycles. The number of methoxy groups -OCH3 is 1. The van der Waals surface area contributed by atoms with Gasteiger partial charge in [-0.15, -0.1) is 0 Å². The van der Waals surface area contributed by atoms with Crippen LogP contribution in [-0.4, -0.2) is 23.7 Å². The van der Waals surface area contributed by atoms with Crippen LogP contribution in [0, 0.1) is 0 Å². The van der Waals surface area contributed by atoms with Gasteiger partial charge in [0.15, 0.2) is 0 Å². The van der Waals surface area contributed by atoms with Gasteiger partial charge in [-0.1, -0.05) is 18.2 Å². The number of para-hydroxylation sites is 1. The lowest BCUT2D eigenvalue weighted by molar-refractivity contribution is 0.325. The minimum atomic E-state index is 0.493. The molecule has 1 aliphatic rings. The minimum absolute atomic E-state index is 0.493. The van der Waals surface area contributed by atoms with Gasteiger partial charge >= 0.3 is 0 Å². The molecular weight excluding hydrogens is 278 g/mol. The predicted molar refractivity (Wildman–Crippen MR) is 85.5 cm³/mol. The van der Waals surface area contributed by atoms with Crippen LogP contribution < -0.4 is 14.8 Å². The van der Waals surface area contributed by atoms with Gasteiger partial charge in [-0.2, -0.15) is 4.98 Å². The molecular formula is C17H21N3O2. The topological polar surface area (TPSA) is 56.3 Å². The van der Waals surface area contributed by atoms with E-state index in [0.29, 0.717) is 24.9 Å². The Kier molecular flexibility index (Phi) is 4.42. The maximum Gasteiger partial charge on any atom is 0.218 e. The summed E-state index contributed by atoms with van der Waals surface area (Å²) in [5.74, 6) is 3.69. The third-order valence-electron chi connectivity index (χ3n) is 3.61. The highest BCUT2D eigenvalue weighted by Gasteiger charge is 2.27. The van der Waals surface area contributed by atoms with E-state index < -0.39 is 0 Å². The highest BCUT2D eigenvalue weighted by atomic mass is 16.5. The number of nitrogens with one attached hydrogen (secondary N) is 1. The molecule has 1 N–H and O–H groups in total. The van der Waals surface area contributed by atoms with E-state index in [2.05, 4.69) is 15.3 Å². The van der Waals surface area contributed by atoms with Gasteiger partial charge in [0.05, 0.1) is 13.7 Å². The van der Waals surface area contributed by atoms with Crippen molar-refractivity contribution in [3.63, 3.8) is 0 Å². The van der Waals surface area contributed by atoms with Crippen LogP contribution in [-0.2, 0) is 6.54 Å². The number of aromatic nitrogens is 2. The monoisotopic (exact) mass is 299 g/mol. The van der Waals surface area contributed by atoms with Crippen molar-refractivity contribution in [2.24, 2.45) is 0 Å². The second-order valence-electron chi connectivity index (χ2n) is 5.32. The second-order valence-corrected chi connectivity index (χ2v) is 5.32. The van der Waals surface area contributed by atoms with Crippen LogP contribution in [0.25, 0.3) is 0 Å². The first-order valence-corrected chi connectivity index (χ1v) is 7.67. The van der Waals surface area contributed by atoms with Crippen molar-refractivity contribution in [1.29, 1.82) is 0 Å². The lowest BCUT2D eigenvalue weighted by Crippen LogP contribution is -2.07. The number of benzene rings is 1. The van der Waals surface area contributed by atoms with Gasteiger partial charge in [-0.3, -0.25) is 0 Å². The number of ether oxygens (including phenoxy) is 2. The fourth-order valence-corrected chi connectivity index (χ4v) is 2.31. The van der Waals surface area contributed by atoms with E-state index in [4.69, 9.17) is 9.47 Å². The van der Waals surface area contributed by atoms with Gasteiger partial charge in [0, 0.05) is 24.1 Å². The molecule has 0 amide bonds. The SMILES string of the molecule is CCOc1cc(NCc2ccccc2OC)nc(C2CC2)n1. The van der Waals surface area contributed by atoms with E-state index in [1.54, 1.807) is 7.11 Å². The molecule has 1 aromatic heterocycles. The van der Waals surface area contributed by atoms with Crippen LogP contribution in [0.5, 0.6) is 11.6 Å². The van der Waals surface area contributed by atoms with E-state index in [0.717, 1.165) is 23.0 Å². The Morgan fingerprint density at radius 2 is 2.05 bits per heavy atom. The number of rotatable bonds is 7. The third kappa shape index (κ3) is 3.47. The smallest absolute Gasteiger partial charge is 0.218 e. The van der Waals surface area contributed by atoms with Gasteiger partial charge in [0.2, 0.25) is 5.88 Å². The van der Waals surface area contributed by atoms with Crippen molar-refractivity contribution in [2.45, 2.75) is 32.2 Å². The molecule has 1 heterocycles. The van der Waals surface area contributed by atoms with E-state index >= 15 is 0 Å². The Morgan fingerprint density at radius 3 is 2.77 bits per heavy atom. The summed E-state index contributed by atoms with van der Waals surface area (Å²) in [7, 11) is 1.68. The van der Waals surface area contributed by atoms with Gasteiger partial charge in [-0.05, 0) is 25.8 Å². The molecule has 0 saturated heterocycles. The molecule has 0 bridgehead atoms. The Morgan fingerprint density at radius 1 is 1.23 bits per heavy atom. The lowest BCUT2D eigenvalue weighted by Gasteiger charge is -2.12. The van der Waals surface area contributed by atoms with Gasteiger partial charge < -0.3 is 14.8 Å². The quantitative estimate of drug-likeness (QED) is 0.849. The van der Waals surface area contributed by atoms with Crippen LogP contribution >= 0.6 is 0 Å². The number of hydrogen-bond acceptors (Lipinski definition) is 5. The maximum absolute atomic E-state index is 5.55. The molecule has 5 nitrogen and oxygen atoms in total. The van der Waals surface area contributed by atoms with E-state index in [1.807, 2.05) is 37.3 Å². The molecule has 1 fully saturated rings. The summed E-state index contributed by atoms with van der Waals surface area (Å²) < 4.78 is 10.9. The minimum Gasteiger partial charge on any atom is -0.496 e. The number of anilines is 1. The summed E-state index contributed by atoms with van der Waals surface area (Å²) in [5, 5.41) is 3.35. The zero-order valence-corrected chi connectivity index (χ0v) is 13.0. The summed E-state index contributed by atoms with van der Waals surface area (Å²) in [4.78, 5) is 9.08. The molecule has 0 spiro atoms. The first kappa shape index (κ1) is 14.6. The van der Waals surface area contributed by atoms with Crippen molar-refractivity contribution >= 4 is 5.82 Å². The molecule has 0 atom stereocenters. The zero-order chi connectivity index (χ0) is 15.4. The molecule has 1 saturated carbocycles. The molecule has 0 aliphatic heterocycles. The van der Waals surface area contributed by atoms with Gasteiger partial charge in [0.25, 0.3) is 0 Å². The summed E-state index contributed by atoms with van der Waals surface area (Å²) in [6.45, 7) is 3.21. The van der Waals surface area contributed by atoms with E-state index in [-0.39, 0.29) is 0 Å². The molecule has 5 heteroatoms. The molecule has 0 unspecified atom stereocenters. The molecule has 1 aliphatic carbocycles. The second kappa shape index (κ2) is 6.64. The van der Waals surface area contributed by atoms with Crippen LogP contribution in [0.15, 0.2) is 30.3 Å². The summed E-state index contributed by atoms with van der Waals surface area (Å²) in [5.41, 5.74) is 1.09. The van der Waals surface area contributed by atoms with Crippen molar-refractivity contribution in [2.75, 3.05) is 19.0 Å². The normalized spacial score (nSPS) is 13.7. The number of nitrogens with zero attached hydrogens (tertiary/aromatic N) is 2. The summed E-state index contributed by atoms with van der Waals surface area (Å²) in [6.07, 6.45) is 2.34. The molecule has 0 radical (unpaired) electrons.